The zero-order valence-corrected chi connectivity index (χ0v) is 21.0. The third-order valence-corrected chi connectivity index (χ3v) is 6.73. The summed E-state index contributed by atoms with van der Waals surface area (Å²) >= 11 is 0. The van der Waals surface area contributed by atoms with E-state index in [2.05, 4.69) is 0 Å². The Balaban J connectivity index is 1.55. The highest BCUT2D eigenvalue weighted by Crippen LogP contribution is 2.49. The van der Waals surface area contributed by atoms with Crippen LogP contribution < -0.4 is 18.9 Å². The van der Waals surface area contributed by atoms with Crippen LogP contribution in [-0.2, 0) is 9.09 Å². The Kier molecular flexibility index (Phi) is 6.79. The maximum Gasteiger partial charge on any atom is 0.470 e. The molecule has 0 unspecified atom stereocenters. The summed E-state index contributed by atoms with van der Waals surface area (Å²) in [4.78, 5) is 32.1. The van der Waals surface area contributed by atoms with Gasteiger partial charge in [-0.15, -0.1) is 0 Å². The predicted molar refractivity (Wildman–Crippen MR) is 130 cm³/mol. The van der Waals surface area contributed by atoms with Crippen molar-refractivity contribution in [2.45, 2.75) is 24.4 Å². The largest absolute Gasteiger partial charge is 0.508 e. The number of phosphoric acid groups is 1. The predicted octanol–water partition coefficient (Wildman–Crippen LogP) is 2.48. The fourth-order valence-corrected chi connectivity index (χ4v) is 5.02. The summed E-state index contributed by atoms with van der Waals surface area (Å²) in [6, 6.07) is 10.7. The van der Waals surface area contributed by atoms with Gasteiger partial charge in [-0.1, -0.05) is 12.1 Å². The molecule has 39 heavy (non-hydrogen) atoms. The van der Waals surface area contributed by atoms with Gasteiger partial charge in [0.1, 0.15) is 22.8 Å². The number of carbonyl (C=O) groups is 1. The number of ketones is 1. The number of fused-ring (bicyclic) bond motifs is 2. The number of carbonyl (C=O) groups excluding carboxylic acids is 1. The van der Waals surface area contributed by atoms with Crippen molar-refractivity contribution >= 4 is 13.6 Å². The molecule has 14 heteroatoms. The molecule has 0 aromatic heterocycles. The minimum atomic E-state index is -5.21. The Morgan fingerprint density at radius 3 is 2.23 bits per heavy atom. The Bertz CT molecular complexity index is 1480. The van der Waals surface area contributed by atoms with E-state index in [1.807, 2.05) is 0 Å². The van der Waals surface area contributed by atoms with Crippen molar-refractivity contribution in [3.05, 3.63) is 65.2 Å². The molecule has 0 saturated heterocycles. The van der Waals surface area contributed by atoms with E-state index < -0.39 is 61.7 Å². The molecule has 0 aliphatic carbocycles. The normalized spacial score (nSPS) is 22.1. The monoisotopic (exact) mass is 562 g/mol. The van der Waals surface area contributed by atoms with Gasteiger partial charge in [0.2, 0.25) is 5.78 Å². The first-order chi connectivity index (χ1) is 18.5. The van der Waals surface area contributed by atoms with Crippen LogP contribution in [0.25, 0.3) is 0 Å². The Morgan fingerprint density at radius 1 is 0.846 bits per heavy atom. The number of ether oxygens (including phenoxy) is 4. The summed E-state index contributed by atoms with van der Waals surface area (Å²) in [7, 11) is -3.83. The third-order valence-electron chi connectivity index (χ3n) is 6.23. The second-order valence-electron chi connectivity index (χ2n) is 8.77. The first-order valence-electron chi connectivity index (χ1n) is 11.4. The molecule has 0 radical (unpaired) electrons. The lowest BCUT2D eigenvalue weighted by Crippen LogP contribution is -2.38. The first kappa shape index (κ1) is 26.6. The van der Waals surface area contributed by atoms with Crippen molar-refractivity contribution in [1.29, 1.82) is 0 Å². The smallest absolute Gasteiger partial charge is 0.470 e. The van der Waals surface area contributed by atoms with Gasteiger partial charge in [-0.2, -0.15) is 0 Å². The molecule has 6 N–H and O–H groups in total. The van der Waals surface area contributed by atoms with Gasteiger partial charge in [0.15, 0.2) is 47.4 Å². The molecule has 0 bridgehead atoms. The van der Waals surface area contributed by atoms with Crippen molar-refractivity contribution in [3.63, 3.8) is 0 Å². The summed E-state index contributed by atoms with van der Waals surface area (Å²) in [6.45, 7) is -0.419. The van der Waals surface area contributed by atoms with Crippen LogP contribution >= 0.6 is 7.82 Å². The van der Waals surface area contributed by atoms with Crippen molar-refractivity contribution < 1.29 is 63.0 Å². The maximum atomic E-state index is 13.2. The molecule has 13 nitrogen and oxygen atoms in total. The van der Waals surface area contributed by atoms with E-state index in [1.165, 1.54) is 37.4 Å². The molecule has 2 aliphatic heterocycles. The van der Waals surface area contributed by atoms with Crippen LogP contribution in [0.2, 0.25) is 0 Å². The minimum Gasteiger partial charge on any atom is -0.508 e. The number of aromatic hydroxyl groups is 3. The molecule has 0 spiro atoms. The molecular formula is C25H23O13P. The van der Waals surface area contributed by atoms with Gasteiger partial charge in [-0.25, -0.2) is 4.57 Å². The summed E-state index contributed by atoms with van der Waals surface area (Å²) < 4.78 is 39.5. The van der Waals surface area contributed by atoms with E-state index >= 15 is 0 Å². The van der Waals surface area contributed by atoms with Crippen LogP contribution in [-0.4, -0.2) is 61.9 Å². The molecule has 0 fully saturated rings. The molecule has 4 atom stereocenters. The van der Waals surface area contributed by atoms with Gasteiger partial charge in [0.05, 0.1) is 13.7 Å². The van der Waals surface area contributed by atoms with Crippen LogP contribution in [0.4, 0.5) is 0 Å². The average Bonchev–Trinajstić information content (AvgIpc) is 2.88. The zero-order valence-electron chi connectivity index (χ0n) is 20.1. The van der Waals surface area contributed by atoms with E-state index in [9.17, 15) is 39.6 Å². The zero-order chi connectivity index (χ0) is 28.1. The molecular weight excluding hydrogens is 539 g/mol. The summed E-state index contributed by atoms with van der Waals surface area (Å²) in [5, 5.41) is 39.9. The van der Waals surface area contributed by atoms with Crippen molar-refractivity contribution in [2.75, 3.05) is 13.7 Å². The number of phosphoric ester groups is 1. The first-order valence-corrected chi connectivity index (χ1v) is 13.0. The molecule has 3 aromatic rings. The van der Waals surface area contributed by atoms with E-state index in [1.54, 1.807) is 6.07 Å². The number of aliphatic hydroxyl groups is 1. The van der Waals surface area contributed by atoms with Gasteiger partial charge in [0, 0.05) is 17.7 Å². The van der Waals surface area contributed by atoms with Gasteiger partial charge in [-0.3, -0.25) is 9.32 Å². The van der Waals surface area contributed by atoms with Crippen molar-refractivity contribution in [1.82, 2.24) is 0 Å². The van der Waals surface area contributed by atoms with Crippen LogP contribution in [0.5, 0.6) is 40.2 Å². The van der Waals surface area contributed by atoms with Gasteiger partial charge >= 0.3 is 7.82 Å². The van der Waals surface area contributed by atoms with E-state index in [0.29, 0.717) is 5.56 Å². The second kappa shape index (κ2) is 9.95. The lowest BCUT2D eigenvalue weighted by atomic mass is 9.92. The standard InChI is InChI=1S/C25H23O13P/c1-34-17-6-11(2-4-14(17)28)23-20(10-26)35-16-5-3-12(7-18(16)36-23)24-25(38-39(31,32)33)22(30)21-15(29)8-13(27)9-19(21)37-24/h2-9,20,23-29H,10H2,1H3,(H2,31,32,33)/t20-,23-,24-,25+/m1/s1. The molecule has 2 heterocycles. The van der Waals surface area contributed by atoms with Crippen molar-refractivity contribution in [3.8, 4) is 40.2 Å². The number of phenolic OH excluding ortho intramolecular Hbond substituents is 3. The topological polar surface area (TPSA) is 202 Å². The molecule has 5 rings (SSSR count). The second-order valence-corrected chi connectivity index (χ2v) is 9.96. The van der Waals surface area contributed by atoms with Crippen molar-refractivity contribution in [2.24, 2.45) is 0 Å². The number of Topliss-reactive ketones (excluding diaryl/α,β-unsaturated/α-hetero) is 1. The molecule has 0 amide bonds. The maximum absolute atomic E-state index is 13.2. The lowest BCUT2D eigenvalue weighted by molar-refractivity contribution is -0.0130. The SMILES string of the molecule is COc1cc([C@H]2Oc3cc([C@H]4Oc5cc(O)cc(O)c5C(=O)[C@@H]4OP(=O)(O)O)ccc3O[C@@H]2CO)ccc1O. The molecule has 3 aromatic carbocycles. The Morgan fingerprint density at radius 2 is 1.54 bits per heavy atom. The van der Waals surface area contributed by atoms with Crippen LogP contribution in [0.3, 0.4) is 0 Å². The Hall–Kier alpha value is -4.00. The summed E-state index contributed by atoms with van der Waals surface area (Å²) in [6.07, 6.45) is -5.01. The van der Waals surface area contributed by atoms with Crippen LogP contribution in [0, 0.1) is 0 Å². The van der Waals surface area contributed by atoms with E-state index in [4.69, 9.17) is 23.5 Å². The summed E-state index contributed by atoms with van der Waals surface area (Å²) in [5.41, 5.74) is 0.278. The van der Waals surface area contributed by atoms with E-state index in [-0.39, 0.29) is 34.3 Å². The van der Waals surface area contributed by atoms with Crippen LogP contribution in [0.15, 0.2) is 48.5 Å². The third kappa shape index (κ3) is 5.05. The van der Waals surface area contributed by atoms with E-state index in [0.717, 1.165) is 12.1 Å². The summed E-state index contributed by atoms with van der Waals surface area (Å²) in [5.74, 6) is -1.83. The highest BCUT2D eigenvalue weighted by atomic mass is 31.2. The Labute approximate surface area is 220 Å². The number of benzene rings is 3. The lowest BCUT2D eigenvalue weighted by Gasteiger charge is -2.35. The molecule has 2 aliphatic rings. The number of methoxy groups -OCH3 is 1. The molecule has 206 valence electrons. The number of hydrogen-bond acceptors (Lipinski definition) is 11. The quantitative estimate of drug-likeness (QED) is 0.240. The molecule has 0 saturated carbocycles. The number of aliphatic hydroxyl groups excluding tert-OH is 1. The fourth-order valence-electron chi connectivity index (χ4n) is 4.52. The van der Waals surface area contributed by atoms with Gasteiger partial charge in [0.25, 0.3) is 0 Å². The van der Waals surface area contributed by atoms with Gasteiger partial charge < -0.3 is 49.2 Å². The highest BCUT2D eigenvalue weighted by Gasteiger charge is 2.45. The average molecular weight is 562 g/mol. The van der Waals surface area contributed by atoms with Crippen LogP contribution in [0.1, 0.15) is 33.7 Å². The minimum absolute atomic E-state index is 0.103. The van der Waals surface area contributed by atoms with Gasteiger partial charge in [-0.05, 0) is 29.8 Å². The number of hydrogen-bond donors (Lipinski definition) is 6. The fraction of sp³-hybridized carbons (Fsp3) is 0.240. The highest BCUT2D eigenvalue weighted by molar-refractivity contribution is 7.46. The number of phenols is 3. The number of rotatable bonds is 6.